The van der Waals surface area contributed by atoms with Crippen molar-refractivity contribution in [2.45, 2.75) is 51.6 Å². The van der Waals surface area contributed by atoms with Gasteiger partial charge in [0, 0.05) is 25.4 Å². The number of aryl methyl sites for hydroxylation is 1. The lowest BCUT2D eigenvalue weighted by Crippen LogP contribution is -2.41. The summed E-state index contributed by atoms with van der Waals surface area (Å²) in [5.41, 5.74) is 3.38. The van der Waals surface area contributed by atoms with Gasteiger partial charge in [-0.2, -0.15) is 0 Å². The summed E-state index contributed by atoms with van der Waals surface area (Å²) in [7, 11) is 0. The molecule has 0 radical (unpaired) electrons. The van der Waals surface area contributed by atoms with E-state index >= 15 is 0 Å². The summed E-state index contributed by atoms with van der Waals surface area (Å²) in [4.78, 5) is 40.8. The van der Waals surface area contributed by atoms with Gasteiger partial charge in [0.1, 0.15) is 17.3 Å². The summed E-state index contributed by atoms with van der Waals surface area (Å²) in [5, 5.41) is 20.9. The maximum atomic E-state index is 13.7. The summed E-state index contributed by atoms with van der Waals surface area (Å²) in [6.45, 7) is 2.35. The number of carboxylic acids is 1. The molecule has 190 valence electrons. The van der Waals surface area contributed by atoms with E-state index in [0.717, 1.165) is 18.4 Å². The van der Waals surface area contributed by atoms with Gasteiger partial charge in [0.25, 0.3) is 5.91 Å². The van der Waals surface area contributed by atoms with Crippen LogP contribution in [0.5, 0.6) is 0 Å². The lowest BCUT2D eigenvalue weighted by molar-refractivity contribution is -0.129. The first-order valence-electron chi connectivity index (χ1n) is 11.7. The summed E-state index contributed by atoms with van der Waals surface area (Å²) in [5.74, 6) is -1.91. The summed E-state index contributed by atoms with van der Waals surface area (Å²) in [6.07, 6.45) is 3.88. The molecule has 1 aromatic heterocycles. The van der Waals surface area contributed by atoms with E-state index in [2.05, 4.69) is 17.2 Å². The lowest BCUT2D eigenvalue weighted by Gasteiger charge is -2.19. The summed E-state index contributed by atoms with van der Waals surface area (Å²) in [6, 6.07) is 11.5. The molecule has 3 aromatic rings. The van der Waals surface area contributed by atoms with Crippen molar-refractivity contribution in [2.24, 2.45) is 0 Å². The smallest absolute Gasteiger partial charge is 0.335 e. The van der Waals surface area contributed by atoms with Crippen molar-refractivity contribution in [1.82, 2.24) is 20.3 Å². The second kappa shape index (κ2) is 12.6. The molecular weight excluding hydrogens is 467 g/mol. The number of carboxylic acid groups (broad SMARTS) is 1. The Labute approximate surface area is 207 Å². The standard InChI is InChI=1S/C26H29FN4O5/c1-2-3-7-23-28-15-22(31(23)16-17-8-10-19(11-9-17)26(34)35)25(33)29-21(14-24(32)30-36)13-18-5-4-6-20(27)12-18/h4-6,8-12,15,21,36H,2-3,7,13-14,16H2,1H3,(H,29,33)(H,30,32)(H,34,35)/t21-/m1/s1. The lowest BCUT2D eigenvalue weighted by atomic mass is 10.0. The number of aromatic nitrogens is 2. The largest absolute Gasteiger partial charge is 0.478 e. The molecular formula is C26H29FN4O5. The first-order valence-corrected chi connectivity index (χ1v) is 11.7. The summed E-state index contributed by atoms with van der Waals surface area (Å²) >= 11 is 0. The molecule has 1 atom stereocenters. The predicted molar refractivity (Wildman–Crippen MR) is 129 cm³/mol. The number of carbonyl (C=O) groups is 3. The molecule has 0 bridgehead atoms. The molecule has 4 N–H and O–H groups in total. The van der Waals surface area contributed by atoms with Crippen LogP contribution in [0.4, 0.5) is 4.39 Å². The average molecular weight is 497 g/mol. The molecule has 0 fully saturated rings. The van der Waals surface area contributed by atoms with E-state index < -0.39 is 29.6 Å². The third-order valence-electron chi connectivity index (χ3n) is 5.73. The van der Waals surface area contributed by atoms with Crippen LogP contribution >= 0.6 is 0 Å². The fourth-order valence-corrected chi connectivity index (χ4v) is 3.89. The third-order valence-corrected chi connectivity index (χ3v) is 5.73. The van der Waals surface area contributed by atoms with Gasteiger partial charge in [-0.25, -0.2) is 19.6 Å². The minimum absolute atomic E-state index is 0.163. The zero-order valence-electron chi connectivity index (χ0n) is 19.9. The van der Waals surface area contributed by atoms with Crippen LogP contribution in [-0.4, -0.2) is 43.7 Å². The van der Waals surface area contributed by atoms with Gasteiger partial charge in [0.2, 0.25) is 5.91 Å². The number of nitrogens with zero attached hydrogens (tertiary/aromatic N) is 2. The van der Waals surface area contributed by atoms with Crippen LogP contribution in [0.25, 0.3) is 0 Å². The van der Waals surface area contributed by atoms with Gasteiger partial charge in [-0.15, -0.1) is 0 Å². The highest BCUT2D eigenvalue weighted by Crippen LogP contribution is 2.15. The molecule has 10 heteroatoms. The highest BCUT2D eigenvalue weighted by atomic mass is 19.1. The first-order chi connectivity index (χ1) is 17.3. The molecule has 36 heavy (non-hydrogen) atoms. The van der Waals surface area contributed by atoms with E-state index in [4.69, 9.17) is 10.3 Å². The van der Waals surface area contributed by atoms with Crippen molar-refractivity contribution in [3.8, 4) is 0 Å². The minimum Gasteiger partial charge on any atom is -0.478 e. The predicted octanol–water partition coefficient (Wildman–Crippen LogP) is 3.35. The van der Waals surface area contributed by atoms with Crippen LogP contribution in [0.15, 0.2) is 54.7 Å². The van der Waals surface area contributed by atoms with Gasteiger partial charge in [0.05, 0.1) is 11.8 Å². The number of aromatic carboxylic acids is 1. The topological polar surface area (TPSA) is 134 Å². The number of unbranched alkanes of at least 4 members (excludes halogenated alkanes) is 1. The molecule has 0 unspecified atom stereocenters. The molecule has 0 saturated carbocycles. The van der Waals surface area contributed by atoms with Gasteiger partial charge in [-0.1, -0.05) is 37.6 Å². The van der Waals surface area contributed by atoms with Gasteiger partial charge in [0.15, 0.2) is 0 Å². The van der Waals surface area contributed by atoms with Crippen molar-refractivity contribution in [1.29, 1.82) is 0 Å². The molecule has 0 aliphatic rings. The zero-order chi connectivity index (χ0) is 26.1. The number of carbonyl (C=O) groups excluding carboxylic acids is 2. The van der Waals surface area contributed by atoms with Crippen molar-refractivity contribution < 1.29 is 29.1 Å². The van der Waals surface area contributed by atoms with Crippen molar-refractivity contribution in [3.63, 3.8) is 0 Å². The van der Waals surface area contributed by atoms with E-state index in [9.17, 15) is 18.8 Å². The Morgan fingerprint density at radius 3 is 2.50 bits per heavy atom. The van der Waals surface area contributed by atoms with E-state index in [1.165, 1.54) is 30.5 Å². The SMILES string of the molecule is CCCCc1ncc(C(=O)N[C@@H](CC(=O)NO)Cc2cccc(F)c2)n1Cc1ccc(C(=O)O)cc1. The van der Waals surface area contributed by atoms with Crippen LogP contribution in [0.1, 0.15) is 64.0 Å². The van der Waals surface area contributed by atoms with Crippen LogP contribution in [0.2, 0.25) is 0 Å². The Balaban J connectivity index is 1.86. The fourth-order valence-electron chi connectivity index (χ4n) is 3.89. The second-order valence-electron chi connectivity index (χ2n) is 8.49. The molecule has 0 spiro atoms. The number of hydrogen-bond acceptors (Lipinski definition) is 5. The van der Waals surface area contributed by atoms with Crippen molar-refractivity contribution in [2.75, 3.05) is 0 Å². The van der Waals surface area contributed by atoms with Gasteiger partial charge in [-0.3, -0.25) is 14.8 Å². The Bertz CT molecular complexity index is 1210. The van der Waals surface area contributed by atoms with Crippen LogP contribution < -0.4 is 10.8 Å². The number of hydrogen-bond donors (Lipinski definition) is 4. The third kappa shape index (κ3) is 7.22. The molecule has 3 rings (SSSR count). The number of hydroxylamine groups is 1. The number of nitrogens with one attached hydrogen (secondary N) is 2. The first kappa shape index (κ1) is 26.6. The molecule has 2 aromatic carbocycles. The maximum Gasteiger partial charge on any atom is 0.335 e. The normalized spacial score (nSPS) is 11.6. The Kier molecular flexibility index (Phi) is 9.29. The molecule has 2 amide bonds. The number of rotatable bonds is 12. The van der Waals surface area contributed by atoms with Crippen LogP contribution in [-0.2, 0) is 24.2 Å². The summed E-state index contributed by atoms with van der Waals surface area (Å²) < 4.78 is 15.4. The number of benzene rings is 2. The number of imidazole rings is 1. The van der Waals surface area contributed by atoms with E-state index in [1.54, 1.807) is 34.3 Å². The molecule has 0 saturated heterocycles. The molecule has 1 heterocycles. The van der Waals surface area contributed by atoms with Crippen molar-refractivity contribution >= 4 is 17.8 Å². The quantitative estimate of drug-likeness (QED) is 0.225. The highest BCUT2D eigenvalue weighted by Gasteiger charge is 2.22. The molecule has 0 aliphatic carbocycles. The van der Waals surface area contributed by atoms with Crippen molar-refractivity contribution in [3.05, 3.63) is 88.8 Å². The Morgan fingerprint density at radius 1 is 1.11 bits per heavy atom. The van der Waals surface area contributed by atoms with Gasteiger partial charge >= 0.3 is 5.97 Å². The number of amides is 2. The zero-order valence-corrected chi connectivity index (χ0v) is 19.9. The maximum absolute atomic E-state index is 13.7. The second-order valence-corrected chi connectivity index (χ2v) is 8.49. The average Bonchev–Trinajstić information content (AvgIpc) is 3.25. The Morgan fingerprint density at radius 2 is 1.86 bits per heavy atom. The van der Waals surface area contributed by atoms with E-state index in [0.29, 0.717) is 24.4 Å². The van der Waals surface area contributed by atoms with Gasteiger partial charge < -0.3 is 15.0 Å². The van der Waals surface area contributed by atoms with Crippen LogP contribution in [0.3, 0.4) is 0 Å². The van der Waals surface area contributed by atoms with Crippen LogP contribution in [0, 0.1) is 5.82 Å². The minimum atomic E-state index is -1.02. The highest BCUT2D eigenvalue weighted by molar-refractivity contribution is 5.93. The molecule has 0 aliphatic heterocycles. The molecule has 9 nitrogen and oxygen atoms in total. The monoisotopic (exact) mass is 496 g/mol. The van der Waals surface area contributed by atoms with Gasteiger partial charge in [-0.05, 0) is 48.2 Å². The fraction of sp³-hybridized carbons (Fsp3) is 0.308. The van der Waals surface area contributed by atoms with E-state index in [-0.39, 0.29) is 24.1 Å². The number of halogens is 1. The van der Waals surface area contributed by atoms with E-state index in [1.807, 2.05) is 0 Å². The Hall–Kier alpha value is -4.05.